The molecule has 0 radical (unpaired) electrons. The molecular formula is C13H16N2O4. The number of hydrogen-bond donors (Lipinski definition) is 2. The number of ether oxygens (including phenoxy) is 2. The van der Waals surface area contributed by atoms with E-state index in [4.69, 9.17) is 10.5 Å². The number of carbonyl (C=O) groups excluding carboxylic acids is 2. The van der Waals surface area contributed by atoms with Gasteiger partial charge in [0.15, 0.2) is 0 Å². The molecule has 1 heterocycles. The Kier molecular flexibility index (Phi) is 4.01. The molecule has 2 rings (SSSR count). The summed E-state index contributed by atoms with van der Waals surface area (Å²) in [6.07, 6.45) is 0.290. The van der Waals surface area contributed by atoms with Crippen LogP contribution in [-0.2, 0) is 20.7 Å². The number of fused-ring (bicyclic) bond motifs is 1. The Morgan fingerprint density at radius 2 is 2.26 bits per heavy atom. The van der Waals surface area contributed by atoms with E-state index < -0.39 is 12.1 Å². The van der Waals surface area contributed by atoms with Crippen molar-refractivity contribution in [2.45, 2.75) is 18.9 Å². The summed E-state index contributed by atoms with van der Waals surface area (Å²) < 4.78 is 10.1. The third kappa shape index (κ3) is 3.03. The summed E-state index contributed by atoms with van der Waals surface area (Å²) in [5.74, 6) is 0.0415. The molecule has 0 spiro atoms. The van der Waals surface area contributed by atoms with E-state index in [1.165, 1.54) is 7.11 Å². The minimum absolute atomic E-state index is 0.00978. The lowest BCUT2D eigenvalue weighted by molar-refractivity contribution is -0.148. The molecule has 0 fully saturated rings. The predicted octanol–water partition coefficient (Wildman–Crippen LogP) is 0.450. The fourth-order valence-corrected chi connectivity index (χ4v) is 1.92. The van der Waals surface area contributed by atoms with E-state index in [-0.39, 0.29) is 12.5 Å². The van der Waals surface area contributed by atoms with Gasteiger partial charge in [-0.2, -0.15) is 0 Å². The van der Waals surface area contributed by atoms with Gasteiger partial charge in [-0.3, -0.25) is 4.79 Å². The van der Waals surface area contributed by atoms with E-state index in [9.17, 15) is 9.59 Å². The van der Waals surface area contributed by atoms with Crippen molar-refractivity contribution >= 4 is 17.6 Å². The third-order valence-electron chi connectivity index (χ3n) is 2.93. The van der Waals surface area contributed by atoms with Crippen LogP contribution in [0.15, 0.2) is 18.2 Å². The number of anilines is 1. The van der Waals surface area contributed by atoms with Gasteiger partial charge in [0.25, 0.3) is 0 Å². The molecular weight excluding hydrogens is 248 g/mol. The fraction of sp³-hybridized carbons (Fsp3) is 0.385. The maximum atomic E-state index is 11.4. The smallest absolute Gasteiger partial charge is 0.348 e. The van der Waals surface area contributed by atoms with E-state index >= 15 is 0 Å². The fourth-order valence-electron chi connectivity index (χ4n) is 1.92. The van der Waals surface area contributed by atoms with Crippen molar-refractivity contribution in [1.82, 2.24) is 0 Å². The summed E-state index contributed by atoms with van der Waals surface area (Å²) in [6.45, 7) is 0.0422. The van der Waals surface area contributed by atoms with E-state index in [0.29, 0.717) is 18.6 Å². The number of nitrogens with one attached hydrogen (secondary N) is 1. The lowest BCUT2D eigenvalue weighted by Crippen LogP contribution is -2.36. The van der Waals surface area contributed by atoms with Crippen LogP contribution in [0.1, 0.15) is 12.0 Å². The van der Waals surface area contributed by atoms with E-state index in [2.05, 4.69) is 10.1 Å². The number of hydrogen-bond acceptors (Lipinski definition) is 5. The van der Waals surface area contributed by atoms with Gasteiger partial charge < -0.3 is 20.5 Å². The quantitative estimate of drug-likeness (QED) is 0.770. The molecule has 1 aliphatic heterocycles. The average Bonchev–Trinajstić information content (AvgIpc) is 2.44. The zero-order chi connectivity index (χ0) is 13.8. The normalized spacial score (nSPS) is 15.2. The molecule has 0 bridgehead atoms. The Labute approximate surface area is 110 Å². The minimum Gasteiger partial charge on any atom is -0.477 e. The molecule has 19 heavy (non-hydrogen) atoms. The van der Waals surface area contributed by atoms with Crippen LogP contribution in [0.5, 0.6) is 5.75 Å². The molecule has 1 aromatic rings. The average molecular weight is 264 g/mol. The zero-order valence-corrected chi connectivity index (χ0v) is 10.6. The summed E-state index contributed by atoms with van der Waals surface area (Å²) in [6, 6.07) is 5.25. The van der Waals surface area contributed by atoms with Crippen molar-refractivity contribution in [3.8, 4) is 5.75 Å². The first-order valence-corrected chi connectivity index (χ1v) is 6.01. The van der Waals surface area contributed by atoms with Crippen molar-refractivity contribution in [3.05, 3.63) is 23.8 Å². The van der Waals surface area contributed by atoms with Crippen LogP contribution in [-0.4, -0.2) is 31.6 Å². The predicted molar refractivity (Wildman–Crippen MR) is 68.9 cm³/mol. The van der Waals surface area contributed by atoms with Crippen molar-refractivity contribution in [3.63, 3.8) is 0 Å². The van der Waals surface area contributed by atoms with Gasteiger partial charge in [-0.15, -0.1) is 0 Å². The number of rotatable bonds is 4. The lowest BCUT2D eigenvalue weighted by Gasteiger charge is -2.19. The molecule has 0 aromatic heterocycles. The van der Waals surface area contributed by atoms with E-state index in [1.54, 1.807) is 18.2 Å². The molecule has 1 aliphatic rings. The largest absolute Gasteiger partial charge is 0.477 e. The van der Waals surface area contributed by atoms with Crippen LogP contribution < -0.4 is 15.8 Å². The second kappa shape index (κ2) is 5.71. The van der Waals surface area contributed by atoms with Crippen LogP contribution in [0.2, 0.25) is 0 Å². The first-order valence-electron chi connectivity index (χ1n) is 6.01. The third-order valence-corrected chi connectivity index (χ3v) is 2.93. The van der Waals surface area contributed by atoms with Crippen molar-refractivity contribution < 1.29 is 19.1 Å². The molecule has 102 valence electrons. The van der Waals surface area contributed by atoms with Crippen molar-refractivity contribution in [2.75, 3.05) is 19.0 Å². The molecule has 0 saturated heterocycles. The number of nitrogens with two attached hydrogens (primary N) is 1. The molecule has 6 nitrogen and oxygen atoms in total. The molecule has 1 atom stereocenters. The monoisotopic (exact) mass is 264 g/mol. The summed E-state index contributed by atoms with van der Waals surface area (Å²) in [5, 5.41) is 2.78. The SMILES string of the molecule is COC(=O)C(CN)Oc1ccc2c(c1)CCC(=O)N2. The molecule has 1 unspecified atom stereocenters. The number of methoxy groups -OCH3 is 1. The molecule has 1 aromatic carbocycles. The van der Waals surface area contributed by atoms with Gasteiger partial charge in [-0.1, -0.05) is 0 Å². The number of benzene rings is 1. The van der Waals surface area contributed by atoms with Crippen LogP contribution in [0.4, 0.5) is 5.69 Å². The van der Waals surface area contributed by atoms with Gasteiger partial charge in [-0.05, 0) is 30.2 Å². The van der Waals surface area contributed by atoms with Gasteiger partial charge in [0, 0.05) is 18.7 Å². The van der Waals surface area contributed by atoms with Gasteiger partial charge >= 0.3 is 5.97 Å². The summed E-state index contributed by atoms with van der Waals surface area (Å²) in [4.78, 5) is 22.6. The van der Waals surface area contributed by atoms with Crippen LogP contribution in [0, 0.1) is 0 Å². The summed E-state index contributed by atoms with van der Waals surface area (Å²) in [7, 11) is 1.29. The Hall–Kier alpha value is -2.08. The zero-order valence-electron chi connectivity index (χ0n) is 10.6. The molecule has 0 aliphatic carbocycles. The second-order valence-corrected chi connectivity index (χ2v) is 4.23. The topological polar surface area (TPSA) is 90.7 Å². The first kappa shape index (κ1) is 13.4. The maximum absolute atomic E-state index is 11.4. The highest BCUT2D eigenvalue weighted by atomic mass is 16.6. The number of amides is 1. The molecule has 3 N–H and O–H groups in total. The van der Waals surface area contributed by atoms with Crippen molar-refractivity contribution in [1.29, 1.82) is 0 Å². The van der Waals surface area contributed by atoms with Crippen molar-refractivity contribution in [2.24, 2.45) is 5.73 Å². The molecule has 1 amide bonds. The minimum atomic E-state index is -0.818. The number of aryl methyl sites for hydroxylation is 1. The highest BCUT2D eigenvalue weighted by Gasteiger charge is 2.21. The van der Waals surface area contributed by atoms with Crippen LogP contribution >= 0.6 is 0 Å². The summed E-state index contributed by atoms with van der Waals surface area (Å²) in [5.41, 5.74) is 7.24. The van der Waals surface area contributed by atoms with Gasteiger partial charge in [-0.25, -0.2) is 4.79 Å². The highest BCUT2D eigenvalue weighted by molar-refractivity contribution is 5.94. The van der Waals surface area contributed by atoms with Gasteiger partial charge in [0.05, 0.1) is 7.11 Å². The second-order valence-electron chi connectivity index (χ2n) is 4.23. The van der Waals surface area contributed by atoms with Gasteiger partial charge in [0.1, 0.15) is 5.75 Å². The van der Waals surface area contributed by atoms with Gasteiger partial charge in [0.2, 0.25) is 12.0 Å². The number of carbonyl (C=O) groups is 2. The Bertz CT molecular complexity index is 501. The van der Waals surface area contributed by atoms with Crippen LogP contribution in [0.25, 0.3) is 0 Å². The number of esters is 1. The standard InChI is InChI=1S/C13H16N2O4/c1-18-13(17)11(7-14)19-9-3-4-10-8(6-9)2-5-12(16)15-10/h3-4,6,11H,2,5,7,14H2,1H3,(H,15,16). The summed E-state index contributed by atoms with van der Waals surface area (Å²) >= 11 is 0. The molecule has 6 heteroatoms. The first-order chi connectivity index (χ1) is 9.13. The van der Waals surface area contributed by atoms with Crippen LogP contribution in [0.3, 0.4) is 0 Å². The van der Waals surface area contributed by atoms with E-state index in [0.717, 1.165) is 11.3 Å². The van der Waals surface area contributed by atoms with E-state index in [1.807, 2.05) is 0 Å². The Morgan fingerprint density at radius 1 is 1.47 bits per heavy atom. The lowest BCUT2D eigenvalue weighted by atomic mass is 10.0. The molecule has 0 saturated carbocycles. The maximum Gasteiger partial charge on any atom is 0.348 e. The Morgan fingerprint density at radius 3 is 2.95 bits per heavy atom. The Balaban J connectivity index is 2.14. The highest BCUT2D eigenvalue weighted by Crippen LogP contribution is 2.27.